The average molecular weight is 602 g/mol. The van der Waals surface area contributed by atoms with Crippen LogP contribution in [0.1, 0.15) is 42.9 Å². The lowest BCUT2D eigenvalue weighted by molar-refractivity contribution is 0.213. The molecule has 0 amide bonds. The van der Waals surface area contributed by atoms with Crippen LogP contribution in [-0.2, 0) is 13.0 Å². The molecular formula is C43H43N3. The molecule has 0 aromatic heterocycles. The van der Waals surface area contributed by atoms with Crippen molar-refractivity contribution in [2.45, 2.75) is 51.2 Å². The molecule has 3 aromatic rings. The van der Waals surface area contributed by atoms with Crippen LogP contribution in [0.5, 0.6) is 0 Å². The third kappa shape index (κ3) is 5.38. The van der Waals surface area contributed by atoms with Crippen molar-refractivity contribution < 1.29 is 0 Å². The fraction of sp³-hybridized carbons (Fsp3) is 0.256. The van der Waals surface area contributed by atoms with Crippen LogP contribution in [0.3, 0.4) is 0 Å². The van der Waals surface area contributed by atoms with Gasteiger partial charge < -0.3 is 15.1 Å². The van der Waals surface area contributed by atoms with Crippen molar-refractivity contribution in [3.05, 3.63) is 179 Å². The minimum Gasteiger partial charge on any atom is -0.386 e. The van der Waals surface area contributed by atoms with Gasteiger partial charge in [-0.25, -0.2) is 0 Å². The number of benzene rings is 3. The second kappa shape index (κ2) is 12.6. The fourth-order valence-electron chi connectivity index (χ4n) is 8.30. The van der Waals surface area contributed by atoms with E-state index in [1.165, 1.54) is 44.9 Å². The van der Waals surface area contributed by atoms with Gasteiger partial charge >= 0.3 is 0 Å². The van der Waals surface area contributed by atoms with Crippen molar-refractivity contribution in [2.75, 3.05) is 11.4 Å². The third-order valence-corrected chi connectivity index (χ3v) is 10.5. The van der Waals surface area contributed by atoms with E-state index in [0.717, 1.165) is 38.8 Å². The topological polar surface area (TPSA) is 18.5 Å². The lowest BCUT2D eigenvalue weighted by Gasteiger charge is -2.49. The van der Waals surface area contributed by atoms with E-state index in [2.05, 4.69) is 162 Å². The Morgan fingerprint density at radius 3 is 2.33 bits per heavy atom. The second-order valence-electron chi connectivity index (χ2n) is 13.4. The number of para-hydroxylation sites is 1. The predicted molar refractivity (Wildman–Crippen MR) is 192 cm³/mol. The van der Waals surface area contributed by atoms with Crippen LogP contribution in [0.2, 0.25) is 0 Å². The van der Waals surface area contributed by atoms with E-state index in [9.17, 15) is 0 Å². The summed E-state index contributed by atoms with van der Waals surface area (Å²) in [5.74, 6) is 0.615. The molecule has 3 heteroatoms. The number of fused-ring (bicyclic) bond motifs is 4. The van der Waals surface area contributed by atoms with Gasteiger partial charge in [0.15, 0.2) is 0 Å². The van der Waals surface area contributed by atoms with Crippen LogP contribution < -0.4 is 10.2 Å². The highest BCUT2D eigenvalue weighted by atomic mass is 15.2. The number of anilines is 1. The Bertz CT molecular complexity index is 1800. The van der Waals surface area contributed by atoms with E-state index in [4.69, 9.17) is 0 Å². The van der Waals surface area contributed by atoms with E-state index < -0.39 is 0 Å². The first kappa shape index (κ1) is 28.7. The summed E-state index contributed by atoms with van der Waals surface area (Å²) in [5, 5.41) is 3.58. The number of nitrogens with one attached hydrogen (secondary N) is 1. The molecule has 4 unspecified atom stereocenters. The lowest BCUT2D eigenvalue weighted by atomic mass is 9.72. The average Bonchev–Trinajstić information content (AvgIpc) is 3.23. The molecule has 4 atom stereocenters. The Hall–Kier alpha value is -4.76. The molecule has 0 spiro atoms. The first-order valence-corrected chi connectivity index (χ1v) is 17.0. The summed E-state index contributed by atoms with van der Waals surface area (Å²) < 4.78 is 0. The maximum absolute atomic E-state index is 3.58. The van der Waals surface area contributed by atoms with Crippen LogP contribution in [0.15, 0.2) is 162 Å². The SMILES string of the molecule is CC1=CC=C(C2CC3=C(C4C=CC=CC4N(Cc4ccccc4)c4ccccc43)N(C3=CNCC=C3)C2Cc2ccccc2)CC1. The van der Waals surface area contributed by atoms with Gasteiger partial charge in [-0.2, -0.15) is 0 Å². The van der Waals surface area contributed by atoms with Crippen LogP contribution in [0.25, 0.3) is 5.57 Å². The minimum absolute atomic E-state index is 0.205. The number of dihydropyridines is 1. The second-order valence-corrected chi connectivity index (χ2v) is 13.4. The molecule has 2 aliphatic carbocycles. The number of nitrogens with zero attached hydrogens (tertiary/aromatic N) is 2. The fourth-order valence-corrected chi connectivity index (χ4v) is 8.30. The van der Waals surface area contributed by atoms with Gasteiger partial charge in [0, 0.05) is 54.1 Å². The number of allylic oxidation sites excluding steroid dienone is 7. The highest BCUT2D eigenvalue weighted by Gasteiger charge is 2.46. The standard InChI is InChI=1S/C43H43N3/c1-31-22-24-34(25-23-31)38-28-39-36-18-8-10-20-40(36)45(30-33-15-6-3-7-16-33)41-21-11-9-19-37(41)43(39)46(35-17-12-26-44-29-35)42(38)27-32-13-4-2-5-14-32/h2-22,24,29,37-38,41-42,44H,23,25-28,30H2,1H3. The zero-order valence-corrected chi connectivity index (χ0v) is 26.7. The molecule has 0 bridgehead atoms. The molecule has 8 rings (SSSR count). The molecule has 3 heterocycles. The maximum atomic E-state index is 3.58. The van der Waals surface area contributed by atoms with Gasteiger partial charge in [-0.1, -0.05) is 133 Å². The molecule has 0 fully saturated rings. The Labute approximate surface area is 274 Å². The predicted octanol–water partition coefficient (Wildman–Crippen LogP) is 9.13. The maximum Gasteiger partial charge on any atom is 0.0598 e. The molecule has 230 valence electrons. The van der Waals surface area contributed by atoms with E-state index in [0.29, 0.717) is 12.0 Å². The Morgan fingerprint density at radius 2 is 1.57 bits per heavy atom. The highest BCUT2D eigenvalue weighted by molar-refractivity contribution is 5.83. The van der Waals surface area contributed by atoms with Crippen molar-refractivity contribution in [1.82, 2.24) is 10.2 Å². The summed E-state index contributed by atoms with van der Waals surface area (Å²) in [6.45, 7) is 4.01. The van der Waals surface area contributed by atoms with Crippen molar-refractivity contribution in [1.29, 1.82) is 0 Å². The highest BCUT2D eigenvalue weighted by Crippen LogP contribution is 2.52. The summed E-state index contributed by atoms with van der Waals surface area (Å²) in [4.78, 5) is 5.44. The van der Waals surface area contributed by atoms with Gasteiger partial charge in [0.1, 0.15) is 0 Å². The third-order valence-electron chi connectivity index (χ3n) is 10.5. The van der Waals surface area contributed by atoms with Gasteiger partial charge in [-0.3, -0.25) is 0 Å². The van der Waals surface area contributed by atoms with E-state index in [1.54, 1.807) is 5.57 Å². The Morgan fingerprint density at radius 1 is 0.804 bits per heavy atom. The van der Waals surface area contributed by atoms with Gasteiger partial charge in [0.25, 0.3) is 0 Å². The quantitative estimate of drug-likeness (QED) is 0.304. The molecule has 0 radical (unpaired) electrons. The number of hydrogen-bond donors (Lipinski definition) is 1. The summed E-state index contributed by atoms with van der Waals surface area (Å²) >= 11 is 0. The monoisotopic (exact) mass is 601 g/mol. The van der Waals surface area contributed by atoms with Gasteiger partial charge in [-0.15, -0.1) is 0 Å². The summed E-state index contributed by atoms with van der Waals surface area (Å²) in [6.07, 6.45) is 25.5. The van der Waals surface area contributed by atoms with Crippen LogP contribution in [-0.4, -0.2) is 23.5 Å². The van der Waals surface area contributed by atoms with Crippen LogP contribution in [0, 0.1) is 11.8 Å². The number of rotatable bonds is 6. The molecule has 1 N–H and O–H groups in total. The normalized spacial score (nSPS) is 25.0. The zero-order valence-electron chi connectivity index (χ0n) is 26.7. The molecule has 0 saturated heterocycles. The molecular weight excluding hydrogens is 558 g/mol. The first-order valence-electron chi connectivity index (χ1n) is 17.0. The van der Waals surface area contributed by atoms with Crippen LogP contribution in [0.4, 0.5) is 5.69 Å². The van der Waals surface area contributed by atoms with Crippen molar-refractivity contribution >= 4 is 11.3 Å². The summed E-state index contributed by atoms with van der Waals surface area (Å²) in [7, 11) is 0. The molecule has 5 aliphatic rings. The van der Waals surface area contributed by atoms with Crippen molar-refractivity contribution in [3.63, 3.8) is 0 Å². The summed E-state index contributed by atoms with van der Waals surface area (Å²) in [5.41, 5.74) is 12.8. The van der Waals surface area contributed by atoms with E-state index in [1.807, 2.05) is 0 Å². The molecule has 3 aliphatic heterocycles. The van der Waals surface area contributed by atoms with Gasteiger partial charge in [0.05, 0.1) is 11.7 Å². The minimum atomic E-state index is 0.205. The van der Waals surface area contributed by atoms with Gasteiger partial charge in [0.2, 0.25) is 0 Å². The Kier molecular flexibility index (Phi) is 7.83. The first-order chi connectivity index (χ1) is 22.7. The summed E-state index contributed by atoms with van der Waals surface area (Å²) in [6, 6.07) is 31.9. The number of hydrogen-bond acceptors (Lipinski definition) is 3. The van der Waals surface area contributed by atoms with Crippen molar-refractivity contribution in [3.8, 4) is 0 Å². The largest absolute Gasteiger partial charge is 0.386 e. The molecule has 3 aromatic carbocycles. The van der Waals surface area contributed by atoms with Crippen LogP contribution >= 0.6 is 0 Å². The lowest BCUT2D eigenvalue weighted by Crippen LogP contribution is -2.49. The van der Waals surface area contributed by atoms with E-state index >= 15 is 0 Å². The Balaban J connectivity index is 1.35. The van der Waals surface area contributed by atoms with E-state index in [-0.39, 0.29) is 12.0 Å². The molecule has 46 heavy (non-hydrogen) atoms. The zero-order chi connectivity index (χ0) is 30.9. The molecule has 3 nitrogen and oxygen atoms in total. The van der Waals surface area contributed by atoms with Crippen molar-refractivity contribution in [2.24, 2.45) is 11.8 Å². The van der Waals surface area contributed by atoms with Gasteiger partial charge in [-0.05, 0) is 61.4 Å². The molecule has 0 saturated carbocycles. The smallest absolute Gasteiger partial charge is 0.0598 e.